The molecule has 2 atom stereocenters. The summed E-state index contributed by atoms with van der Waals surface area (Å²) >= 11 is 5.69. The first-order valence-corrected chi connectivity index (χ1v) is 6.79. The first-order chi connectivity index (χ1) is 8.66. The second-order valence-electron chi connectivity index (χ2n) is 4.76. The van der Waals surface area contributed by atoms with Gasteiger partial charge in [-0.15, -0.1) is 0 Å². The molecule has 2 unspecified atom stereocenters. The molecule has 1 heterocycles. The van der Waals surface area contributed by atoms with Crippen LogP contribution < -0.4 is 0 Å². The Bertz CT molecular complexity index is 391. The van der Waals surface area contributed by atoms with E-state index in [1.807, 2.05) is 0 Å². The average molecular weight is 273 g/mol. The molecule has 0 saturated carbocycles. The van der Waals surface area contributed by atoms with Crippen LogP contribution in [0.5, 0.6) is 0 Å². The van der Waals surface area contributed by atoms with Crippen LogP contribution in [-0.4, -0.2) is 17.8 Å². The van der Waals surface area contributed by atoms with Crippen LogP contribution in [0.1, 0.15) is 43.8 Å². The quantitative estimate of drug-likeness (QED) is 0.882. The highest BCUT2D eigenvalue weighted by Gasteiger charge is 2.16. The SMILES string of the molecule is OC(CCCC1CCCO1)c1ccc(F)c(Cl)c1. The molecule has 1 saturated heterocycles. The summed E-state index contributed by atoms with van der Waals surface area (Å²) in [5.74, 6) is -0.452. The Morgan fingerprint density at radius 1 is 1.50 bits per heavy atom. The van der Waals surface area contributed by atoms with Gasteiger partial charge in [0.25, 0.3) is 0 Å². The van der Waals surface area contributed by atoms with Gasteiger partial charge in [0.15, 0.2) is 0 Å². The number of aliphatic hydroxyl groups is 1. The van der Waals surface area contributed by atoms with Gasteiger partial charge < -0.3 is 9.84 Å². The van der Waals surface area contributed by atoms with Crippen molar-refractivity contribution in [3.05, 3.63) is 34.6 Å². The molecule has 0 bridgehead atoms. The van der Waals surface area contributed by atoms with Crippen LogP contribution in [0.15, 0.2) is 18.2 Å². The maximum Gasteiger partial charge on any atom is 0.141 e. The fraction of sp³-hybridized carbons (Fsp3) is 0.571. The van der Waals surface area contributed by atoms with Gasteiger partial charge in [-0.3, -0.25) is 0 Å². The van der Waals surface area contributed by atoms with Crippen molar-refractivity contribution >= 4 is 11.6 Å². The van der Waals surface area contributed by atoms with Crippen LogP contribution in [0.2, 0.25) is 5.02 Å². The molecule has 1 fully saturated rings. The lowest BCUT2D eigenvalue weighted by molar-refractivity contribution is 0.0944. The summed E-state index contributed by atoms with van der Waals surface area (Å²) in [7, 11) is 0. The summed E-state index contributed by atoms with van der Waals surface area (Å²) in [4.78, 5) is 0. The zero-order chi connectivity index (χ0) is 13.0. The lowest BCUT2D eigenvalue weighted by Gasteiger charge is -2.13. The maximum atomic E-state index is 13.0. The van der Waals surface area contributed by atoms with Gasteiger partial charge in [0.1, 0.15) is 5.82 Å². The molecule has 0 amide bonds. The number of benzene rings is 1. The molecule has 1 aromatic rings. The largest absolute Gasteiger partial charge is 0.388 e. The molecule has 1 aliphatic rings. The second-order valence-corrected chi connectivity index (χ2v) is 5.16. The molecular weight excluding hydrogens is 255 g/mol. The van der Waals surface area contributed by atoms with Gasteiger partial charge in [-0.1, -0.05) is 17.7 Å². The Labute approximate surface area is 112 Å². The highest BCUT2D eigenvalue weighted by molar-refractivity contribution is 6.30. The van der Waals surface area contributed by atoms with Crippen LogP contribution in [0.25, 0.3) is 0 Å². The van der Waals surface area contributed by atoms with Crippen LogP contribution in [0, 0.1) is 5.82 Å². The lowest BCUT2D eigenvalue weighted by atomic mass is 10.0. The van der Waals surface area contributed by atoms with E-state index in [9.17, 15) is 9.50 Å². The van der Waals surface area contributed by atoms with Crippen molar-refractivity contribution in [1.82, 2.24) is 0 Å². The van der Waals surface area contributed by atoms with Gasteiger partial charge in [-0.05, 0) is 49.8 Å². The molecule has 1 aliphatic heterocycles. The smallest absolute Gasteiger partial charge is 0.141 e. The predicted octanol–water partition coefficient (Wildman–Crippen LogP) is 3.86. The van der Waals surface area contributed by atoms with Crippen molar-refractivity contribution in [2.45, 2.75) is 44.3 Å². The van der Waals surface area contributed by atoms with Crippen LogP contribution >= 0.6 is 11.6 Å². The summed E-state index contributed by atoms with van der Waals surface area (Å²) in [5.41, 5.74) is 0.675. The molecule has 0 aromatic heterocycles. The number of halogens is 2. The molecule has 1 aromatic carbocycles. The number of rotatable bonds is 5. The summed E-state index contributed by atoms with van der Waals surface area (Å²) < 4.78 is 18.5. The monoisotopic (exact) mass is 272 g/mol. The van der Waals surface area contributed by atoms with E-state index in [4.69, 9.17) is 16.3 Å². The van der Waals surface area contributed by atoms with Crippen molar-refractivity contribution in [3.63, 3.8) is 0 Å². The highest BCUT2D eigenvalue weighted by atomic mass is 35.5. The van der Waals surface area contributed by atoms with Gasteiger partial charge in [0.05, 0.1) is 17.2 Å². The van der Waals surface area contributed by atoms with Crippen molar-refractivity contribution in [2.24, 2.45) is 0 Å². The van der Waals surface area contributed by atoms with Gasteiger partial charge in [0, 0.05) is 6.61 Å². The second kappa shape index (κ2) is 6.50. The summed E-state index contributed by atoms with van der Waals surface area (Å²) in [5, 5.41) is 10.0. The molecule has 1 N–H and O–H groups in total. The third-order valence-corrected chi connectivity index (χ3v) is 3.65. The molecule has 0 radical (unpaired) electrons. The minimum Gasteiger partial charge on any atom is -0.388 e. The van der Waals surface area contributed by atoms with Crippen molar-refractivity contribution in [1.29, 1.82) is 0 Å². The zero-order valence-corrected chi connectivity index (χ0v) is 11.0. The Balaban J connectivity index is 1.79. The maximum absolute atomic E-state index is 13.0. The molecule has 2 nitrogen and oxygen atoms in total. The van der Waals surface area contributed by atoms with Crippen LogP contribution in [-0.2, 0) is 4.74 Å². The van der Waals surface area contributed by atoms with E-state index in [0.717, 1.165) is 32.3 Å². The van der Waals surface area contributed by atoms with Gasteiger partial charge in [-0.25, -0.2) is 4.39 Å². The zero-order valence-electron chi connectivity index (χ0n) is 10.2. The predicted molar refractivity (Wildman–Crippen MR) is 69.2 cm³/mol. The Hall–Kier alpha value is -0.640. The van der Waals surface area contributed by atoms with E-state index in [1.165, 1.54) is 12.1 Å². The molecule has 4 heteroatoms. The number of ether oxygens (including phenoxy) is 1. The number of hydrogen-bond acceptors (Lipinski definition) is 2. The molecule has 0 spiro atoms. The third kappa shape index (κ3) is 3.67. The summed E-state index contributed by atoms with van der Waals surface area (Å²) in [6.45, 7) is 0.862. The molecule has 100 valence electrons. The number of hydrogen-bond donors (Lipinski definition) is 1. The first-order valence-electron chi connectivity index (χ1n) is 6.41. The topological polar surface area (TPSA) is 29.5 Å². The summed E-state index contributed by atoms with van der Waals surface area (Å²) in [6.07, 6.45) is 4.58. The average Bonchev–Trinajstić information content (AvgIpc) is 2.85. The van der Waals surface area contributed by atoms with E-state index in [2.05, 4.69) is 0 Å². The van der Waals surface area contributed by atoms with E-state index >= 15 is 0 Å². The summed E-state index contributed by atoms with van der Waals surface area (Å²) in [6, 6.07) is 4.37. The minimum atomic E-state index is -0.579. The molecular formula is C14H18ClFO2. The fourth-order valence-corrected chi connectivity index (χ4v) is 2.49. The Kier molecular flexibility index (Phi) is 4.98. The van der Waals surface area contributed by atoms with Crippen molar-refractivity contribution < 1.29 is 14.2 Å². The van der Waals surface area contributed by atoms with E-state index in [0.29, 0.717) is 18.1 Å². The molecule has 0 aliphatic carbocycles. The minimum absolute atomic E-state index is 0.0608. The lowest BCUT2D eigenvalue weighted by Crippen LogP contribution is -2.06. The van der Waals surface area contributed by atoms with Gasteiger partial charge in [0.2, 0.25) is 0 Å². The van der Waals surface area contributed by atoms with E-state index < -0.39 is 11.9 Å². The van der Waals surface area contributed by atoms with Crippen molar-refractivity contribution in [3.8, 4) is 0 Å². The van der Waals surface area contributed by atoms with Crippen LogP contribution in [0.4, 0.5) is 4.39 Å². The van der Waals surface area contributed by atoms with Gasteiger partial charge in [-0.2, -0.15) is 0 Å². The standard InChI is InChI=1S/C14H18ClFO2/c15-12-9-10(6-7-13(12)16)14(17)5-1-3-11-4-2-8-18-11/h6-7,9,11,14,17H,1-5,8H2. The first kappa shape index (κ1) is 13.8. The van der Waals surface area contributed by atoms with E-state index in [-0.39, 0.29) is 5.02 Å². The number of aliphatic hydroxyl groups excluding tert-OH is 1. The highest BCUT2D eigenvalue weighted by Crippen LogP contribution is 2.25. The third-order valence-electron chi connectivity index (χ3n) is 3.36. The Morgan fingerprint density at radius 2 is 2.33 bits per heavy atom. The molecule has 18 heavy (non-hydrogen) atoms. The van der Waals surface area contributed by atoms with E-state index in [1.54, 1.807) is 6.07 Å². The molecule has 2 rings (SSSR count). The van der Waals surface area contributed by atoms with Gasteiger partial charge >= 0.3 is 0 Å². The van der Waals surface area contributed by atoms with Crippen LogP contribution in [0.3, 0.4) is 0 Å². The van der Waals surface area contributed by atoms with Crippen molar-refractivity contribution in [2.75, 3.05) is 6.61 Å². The normalized spacial score (nSPS) is 21.2. The Morgan fingerprint density at radius 3 is 3.00 bits per heavy atom. The fourth-order valence-electron chi connectivity index (χ4n) is 2.30.